The molecule has 1 heterocycles. The maximum absolute atomic E-state index is 13.5. The van der Waals surface area contributed by atoms with Gasteiger partial charge in [-0.25, -0.2) is 4.39 Å². The molecule has 0 atom stereocenters. The summed E-state index contributed by atoms with van der Waals surface area (Å²) < 4.78 is 13.5. The molecule has 5 nitrogen and oxygen atoms in total. The number of nitrogens with one attached hydrogen (secondary N) is 1. The Morgan fingerprint density at radius 3 is 2.52 bits per heavy atom. The van der Waals surface area contributed by atoms with Crippen LogP contribution in [-0.4, -0.2) is 20.9 Å². The van der Waals surface area contributed by atoms with Gasteiger partial charge in [0, 0.05) is 0 Å². The number of hydrogen-bond acceptors (Lipinski definition) is 3. The van der Waals surface area contributed by atoms with Crippen molar-refractivity contribution in [2.75, 3.05) is 5.32 Å². The van der Waals surface area contributed by atoms with Crippen LogP contribution in [0, 0.1) is 5.82 Å². The molecule has 3 aromatic rings. The molecule has 0 aliphatic heterocycles. The molecule has 0 saturated carbocycles. The highest BCUT2D eigenvalue weighted by atomic mass is 19.1. The van der Waals surface area contributed by atoms with Crippen molar-refractivity contribution in [2.24, 2.45) is 0 Å². The van der Waals surface area contributed by atoms with Gasteiger partial charge in [-0.05, 0) is 24.3 Å². The highest BCUT2D eigenvalue weighted by Crippen LogP contribution is 2.13. The Balaban J connectivity index is 1.80. The summed E-state index contributed by atoms with van der Waals surface area (Å²) in [6.07, 6.45) is 1.34. The van der Waals surface area contributed by atoms with Gasteiger partial charge < -0.3 is 5.32 Å². The highest BCUT2D eigenvalue weighted by molar-refractivity contribution is 6.02. The summed E-state index contributed by atoms with van der Waals surface area (Å²) in [6, 6.07) is 15.1. The van der Waals surface area contributed by atoms with Gasteiger partial charge >= 0.3 is 0 Å². The number of hydrogen-bond donors (Lipinski definition) is 1. The van der Waals surface area contributed by atoms with Gasteiger partial charge in [0.1, 0.15) is 5.82 Å². The third-order valence-electron chi connectivity index (χ3n) is 2.83. The second-order valence-corrected chi connectivity index (χ2v) is 4.29. The first-order valence-electron chi connectivity index (χ1n) is 6.28. The van der Waals surface area contributed by atoms with Gasteiger partial charge in [-0.2, -0.15) is 9.90 Å². The van der Waals surface area contributed by atoms with Gasteiger partial charge in [0.05, 0.1) is 17.6 Å². The fourth-order valence-electron chi connectivity index (χ4n) is 1.80. The van der Waals surface area contributed by atoms with Crippen LogP contribution in [0.2, 0.25) is 0 Å². The molecule has 0 aliphatic carbocycles. The number of rotatable bonds is 3. The lowest BCUT2D eigenvalue weighted by Crippen LogP contribution is -2.14. The van der Waals surface area contributed by atoms with E-state index in [0.717, 1.165) is 5.69 Å². The van der Waals surface area contributed by atoms with Gasteiger partial charge in [-0.3, -0.25) is 4.79 Å². The Labute approximate surface area is 120 Å². The van der Waals surface area contributed by atoms with Crippen molar-refractivity contribution in [3.05, 3.63) is 72.3 Å². The van der Waals surface area contributed by atoms with E-state index in [0.29, 0.717) is 0 Å². The monoisotopic (exact) mass is 282 g/mol. The van der Waals surface area contributed by atoms with E-state index in [4.69, 9.17) is 0 Å². The van der Waals surface area contributed by atoms with Gasteiger partial charge in [0.25, 0.3) is 5.91 Å². The van der Waals surface area contributed by atoms with Crippen LogP contribution in [0.1, 0.15) is 10.5 Å². The summed E-state index contributed by atoms with van der Waals surface area (Å²) in [7, 11) is 0. The summed E-state index contributed by atoms with van der Waals surface area (Å²) in [4.78, 5) is 13.4. The van der Waals surface area contributed by atoms with E-state index in [1.54, 1.807) is 12.1 Å². The topological polar surface area (TPSA) is 59.8 Å². The Morgan fingerprint density at radius 1 is 1.05 bits per heavy atom. The molecule has 3 rings (SSSR count). The summed E-state index contributed by atoms with van der Waals surface area (Å²) in [5.74, 6) is -1.01. The molecule has 0 aliphatic rings. The molecule has 2 aromatic carbocycles. The Bertz CT molecular complexity index is 770. The second-order valence-electron chi connectivity index (χ2n) is 4.29. The zero-order valence-electron chi connectivity index (χ0n) is 10.9. The lowest BCUT2D eigenvalue weighted by Gasteiger charge is -2.03. The molecule has 0 spiro atoms. The average Bonchev–Trinajstić information content (AvgIpc) is 3.00. The van der Waals surface area contributed by atoms with Crippen LogP contribution >= 0.6 is 0 Å². The minimum absolute atomic E-state index is 0.108. The van der Waals surface area contributed by atoms with Crippen molar-refractivity contribution in [1.82, 2.24) is 15.0 Å². The second kappa shape index (κ2) is 5.54. The number of para-hydroxylation sites is 2. The number of anilines is 1. The molecule has 6 heteroatoms. The van der Waals surface area contributed by atoms with Gasteiger partial charge in [-0.1, -0.05) is 30.3 Å². The molecule has 0 radical (unpaired) electrons. The summed E-state index contributed by atoms with van der Waals surface area (Å²) in [5, 5.41) is 10.6. The molecule has 0 bridgehead atoms. The van der Waals surface area contributed by atoms with Crippen molar-refractivity contribution in [1.29, 1.82) is 0 Å². The largest absolute Gasteiger partial charge is 0.318 e. The lowest BCUT2D eigenvalue weighted by atomic mass is 10.3. The molecular weight excluding hydrogens is 271 g/mol. The molecule has 1 amide bonds. The molecular formula is C15H11FN4O. The van der Waals surface area contributed by atoms with Crippen LogP contribution in [0.25, 0.3) is 5.69 Å². The maximum atomic E-state index is 13.5. The summed E-state index contributed by atoms with van der Waals surface area (Å²) >= 11 is 0. The molecule has 0 saturated heterocycles. The number of carbonyl (C=O) groups is 1. The zero-order valence-corrected chi connectivity index (χ0v) is 10.9. The van der Waals surface area contributed by atoms with Crippen LogP contribution in [0.4, 0.5) is 10.1 Å². The molecule has 21 heavy (non-hydrogen) atoms. The van der Waals surface area contributed by atoms with Crippen molar-refractivity contribution < 1.29 is 9.18 Å². The normalized spacial score (nSPS) is 10.3. The van der Waals surface area contributed by atoms with E-state index in [2.05, 4.69) is 15.5 Å². The zero-order chi connectivity index (χ0) is 14.7. The molecule has 0 fully saturated rings. The highest BCUT2D eigenvalue weighted by Gasteiger charge is 2.13. The van der Waals surface area contributed by atoms with E-state index >= 15 is 0 Å². The van der Waals surface area contributed by atoms with Crippen LogP contribution in [-0.2, 0) is 0 Å². The number of amides is 1. The summed E-state index contributed by atoms with van der Waals surface area (Å²) in [6.45, 7) is 0. The average molecular weight is 282 g/mol. The SMILES string of the molecule is O=C(Nc1ccccc1F)c1cnn(-c2ccccc2)n1. The Hall–Kier alpha value is -3.02. The molecule has 1 aromatic heterocycles. The van der Waals surface area contributed by atoms with Gasteiger partial charge in [0.15, 0.2) is 5.69 Å². The fourth-order valence-corrected chi connectivity index (χ4v) is 1.80. The molecule has 1 N–H and O–H groups in total. The third-order valence-corrected chi connectivity index (χ3v) is 2.83. The van der Waals surface area contributed by atoms with E-state index in [1.165, 1.54) is 23.1 Å². The number of halogens is 1. The third kappa shape index (κ3) is 2.79. The Kier molecular flexibility index (Phi) is 3.42. The van der Waals surface area contributed by atoms with Crippen molar-refractivity contribution >= 4 is 11.6 Å². The predicted molar refractivity (Wildman–Crippen MR) is 75.7 cm³/mol. The quantitative estimate of drug-likeness (QED) is 0.803. The smallest absolute Gasteiger partial charge is 0.277 e. The van der Waals surface area contributed by atoms with Gasteiger partial charge in [-0.15, -0.1) is 5.10 Å². The van der Waals surface area contributed by atoms with E-state index in [-0.39, 0.29) is 11.4 Å². The Morgan fingerprint density at radius 2 is 1.76 bits per heavy atom. The van der Waals surface area contributed by atoms with Crippen molar-refractivity contribution in [3.63, 3.8) is 0 Å². The number of aromatic nitrogens is 3. The number of carbonyl (C=O) groups excluding carboxylic acids is 1. The molecule has 104 valence electrons. The summed E-state index contributed by atoms with van der Waals surface area (Å²) in [5.41, 5.74) is 0.960. The fraction of sp³-hybridized carbons (Fsp3) is 0. The first-order chi connectivity index (χ1) is 10.2. The number of benzene rings is 2. The minimum Gasteiger partial charge on any atom is -0.318 e. The van der Waals surface area contributed by atoms with E-state index in [9.17, 15) is 9.18 Å². The van der Waals surface area contributed by atoms with Crippen molar-refractivity contribution in [3.8, 4) is 5.69 Å². The first-order valence-corrected chi connectivity index (χ1v) is 6.28. The van der Waals surface area contributed by atoms with Crippen LogP contribution in [0.5, 0.6) is 0 Å². The van der Waals surface area contributed by atoms with Crippen molar-refractivity contribution in [2.45, 2.75) is 0 Å². The standard InChI is InChI=1S/C15H11FN4O/c16-12-8-4-5-9-13(12)18-15(21)14-10-17-20(19-14)11-6-2-1-3-7-11/h1-10H,(H,18,21). The van der Waals surface area contributed by atoms with E-state index < -0.39 is 11.7 Å². The number of nitrogens with zero attached hydrogens (tertiary/aromatic N) is 3. The maximum Gasteiger partial charge on any atom is 0.277 e. The van der Waals surface area contributed by atoms with Crippen LogP contribution in [0.15, 0.2) is 60.8 Å². The predicted octanol–water partition coefficient (Wildman–Crippen LogP) is 2.66. The van der Waals surface area contributed by atoms with Crippen LogP contribution in [0.3, 0.4) is 0 Å². The van der Waals surface area contributed by atoms with Gasteiger partial charge in [0.2, 0.25) is 0 Å². The first kappa shape index (κ1) is 13.0. The van der Waals surface area contributed by atoms with E-state index in [1.807, 2.05) is 30.3 Å². The minimum atomic E-state index is -0.512. The lowest BCUT2D eigenvalue weighted by molar-refractivity contribution is 0.102. The molecule has 0 unspecified atom stereocenters. The van der Waals surface area contributed by atoms with Crippen LogP contribution < -0.4 is 5.32 Å².